The predicted molar refractivity (Wildman–Crippen MR) is 82.5 cm³/mol. The summed E-state index contributed by atoms with van der Waals surface area (Å²) in [5, 5.41) is 5.31. The Bertz CT molecular complexity index is 618. The van der Waals surface area contributed by atoms with E-state index in [1.807, 2.05) is 30.3 Å². The van der Waals surface area contributed by atoms with E-state index in [2.05, 4.69) is 17.4 Å². The normalized spacial score (nSPS) is 22.6. The molecule has 3 rings (SSSR count). The second-order valence-corrected chi connectivity index (χ2v) is 5.64. The Hall–Kier alpha value is -1.87. The first-order valence-corrected chi connectivity index (χ1v) is 7.28. The second kappa shape index (κ2) is 5.63. The van der Waals surface area contributed by atoms with Gasteiger partial charge in [-0.25, -0.2) is 0 Å². The Balaban J connectivity index is 1.80. The highest BCUT2D eigenvalue weighted by Crippen LogP contribution is 2.27. The number of anilines is 1. The van der Waals surface area contributed by atoms with Crippen molar-refractivity contribution < 1.29 is 4.79 Å². The van der Waals surface area contributed by atoms with E-state index in [9.17, 15) is 4.79 Å². The number of fused-ring (bicyclic) bond motifs is 1. The zero-order valence-electron chi connectivity index (χ0n) is 11.5. The SMILES string of the molecule is NC1CCCC(C(=O)Nc2cccc3ccccc23)C1. The Labute approximate surface area is 119 Å². The topological polar surface area (TPSA) is 55.1 Å². The molecule has 2 aromatic carbocycles. The molecule has 2 unspecified atom stereocenters. The molecule has 3 nitrogen and oxygen atoms in total. The molecular weight excluding hydrogens is 248 g/mol. The highest BCUT2D eigenvalue weighted by molar-refractivity contribution is 6.02. The van der Waals surface area contributed by atoms with Crippen LogP contribution in [0.15, 0.2) is 42.5 Å². The summed E-state index contributed by atoms with van der Waals surface area (Å²) in [7, 11) is 0. The van der Waals surface area contributed by atoms with Gasteiger partial charge in [0, 0.05) is 23.0 Å². The van der Waals surface area contributed by atoms with Crippen LogP contribution < -0.4 is 11.1 Å². The highest BCUT2D eigenvalue weighted by Gasteiger charge is 2.25. The van der Waals surface area contributed by atoms with Crippen LogP contribution in [0.1, 0.15) is 25.7 Å². The lowest BCUT2D eigenvalue weighted by molar-refractivity contribution is -0.120. The number of benzene rings is 2. The van der Waals surface area contributed by atoms with Gasteiger partial charge in [-0.1, -0.05) is 42.8 Å². The van der Waals surface area contributed by atoms with Gasteiger partial charge in [0.25, 0.3) is 0 Å². The zero-order chi connectivity index (χ0) is 13.9. The van der Waals surface area contributed by atoms with Gasteiger partial charge in [0.1, 0.15) is 0 Å². The number of hydrogen-bond donors (Lipinski definition) is 2. The minimum Gasteiger partial charge on any atom is -0.328 e. The maximum atomic E-state index is 12.4. The fourth-order valence-corrected chi connectivity index (χ4v) is 3.03. The number of amides is 1. The summed E-state index contributed by atoms with van der Waals surface area (Å²) in [5.41, 5.74) is 6.86. The first kappa shape index (κ1) is 13.1. The van der Waals surface area contributed by atoms with Crippen molar-refractivity contribution >= 4 is 22.4 Å². The van der Waals surface area contributed by atoms with Crippen LogP contribution in [0.25, 0.3) is 10.8 Å². The van der Waals surface area contributed by atoms with Crippen LogP contribution in [0, 0.1) is 5.92 Å². The van der Waals surface area contributed by atoms with Crippen LogP contribution in [0.2, 0.25) is 0 Å². The molecule has 0 heterocycles. The summed E-state index contributed by atoms with van der Waals surface area (Å²) in [5.74, 6) is 0.161. The van der Waals surface area contributed by atoms with Gasteiger partial charge in [0.05, 0.1) is 0 Å². The van der Waals surface area contributed by atoms with Crippen LogP contribution in [0.4, 0.5) is 5.69 Å². The van der Waals surface area contributed by atoms with Gasteiger partial charge in [-0.2, -0.15) is 0 Å². The highest BCUT2D eigenvalue weighted by atomic mass is 16.1. The summed E-state index contributed by atoms with van der Waals surface area (Å²) >= 11 is 0. The van der Waals surface area contributed by atoms with Crippen LogP contribution in [0.3, 0.4) is 0 Å². The molecule has 20 heavy (non-hydrogen) atoms. The van der Waals surface area contributed by atoms with E-state index >= 15 is 0 Å². The summed E-state index contributed by atoms with van der Waals surface area (Å²) in [4.78, 5) is 12.4. The van der Waals surface area contributed by atoms with Crippen molar-refractivity contribution in [2.24, 2.45) is 11.7 Å². The van der Waals surface area contributed by atoms with E-state index < -0.39 is 0 Å². The quantitative estimate of drug-likeness (QED) is 0.878. The molecule has 3 N–H and O–H groups in total. The lowest BCUT2D eigenvalue weighted by atomic mass is 9.85. The summed E-state index contributed by atoms with van der Waals surface area (Å²) in [6, 6.07) is 14.3. The average Bonchev–Trinajstić information content (AvgIpc) is 2.47. The number of nitrogens with two attached hydrogens (primary N) is 1. The number of carbonyl (C=O) groups excluding carboxylic acids is 1. The van der Waals surface area contributed by atoms with Crippen molar-refractivity contribution in [1.29, 1.82) is 0 Å². The van der Waals surface area contributed by atoms with Crippen LogP contribution >= 0.6 is 0 Å². The molecule has 0 aliphatic heterocycles. The molecule has 1 aliphatic carbocycles. The molecule has 3 heteroatoms. The maximum absolute atomic E-state index is 12.4. The first-order valence-electron chi connectivity index (χ1n) is 7.28. The van der Waals surface area contributed by atoms with Crippen LogP contribution in [-0.2, 0) is 4.79 Å². The molecule has 2 atom stereocenters. The van der Waals surface area contributed by atoms with Gasteiger partial charge in [-0.3, -0.25) is 4.79 Å². The van der Waals surface area contributed by atoms with Crippen LogP contribution in [0.5, 0.6) is 0 Å². The molecule has 1 amide bonds. The lowest BCUT2D eigenvalue weighted by Crippen LogP contribution is -2.34. The van der Waals surface area contributed by atoms with Crippen molar-refractivity contribution in [3.8, 4) is 0 Å². The Morgan fingerprint density at radius 2 is 1.90 bits per heavy atom. The fourth-order valence-electron chi connectivity index (χ4n) is 3.03. The maximum Gasteiger partial charge on any atom is 0.227 e. The van der Waals surface area contributed by atoms with E-state index in [-0.39, 0.29) is 17.9 Å². The summed E-state index contributed by atoms with van der Waals surface area (Å²) in [6.45, 7) is 0. The first-order chi connectivity index (χ1) is 9.74. The summed E-state index contributed by atoms with van der Waals surface area (Å²) in [6.07, 6.45) is 3.84. The third-order valence-electron chi connectivity index (χ3n) is 4.13. The molecule has 0 bridgehead atoms. The van der Waals surface area contributed by atoms with Gasteiger partial charge in [-0.05, 0) is 30.7 Å². The molecule has 1 saturated carbocycles. The number of hydrogen-bond acceptors (Lipinski definition) is 2. The molecular formula is C17H20N2O. The largest absolute Gasteiger partial charge is 0.328 e. The predicted octanol–water partition coefficient (Wildman–Crippen LogP) is 3.30. The van der Waals surface area contributed by atoms with Gasteiger partial charge < -0.3 is 11.1 Å². The zero-order valence-corrected chi connectivity index (χ0v) is 11.5. The second-order valence-electron chi connectivity index (χ2n) is 5.64. The third kappa shape index (κ3) is 2.68. The molecule has 1 aliphatic rings. The molecule has 2 aromatic rings. The van der Waals surface area contributed by atoms with Gasteiger partial charge in [-0.15, -0.1) is 0 Å². The number of carbonyl (C=O) groups is 1. The third-order valence-corrected chi connectivity index (χ3v) is 4.13. The van der Waals surface area contributed by atoms with E-state index in [1.165, 1.54) is 0 Å². The molecule has 0 spiro atoms. The van der Waals surface area contributed by atoms with E-state index in [0.717, 1.165) is 42.1 Å². The van der Waals surface area contributed by atoms with Gasteiger partial charge >= 0.3 is 0 Å². The average molecular weight is 268 g/mol. The molecule has 104 valence electrons. The standard InChI is InChI=1S/C17H20N2O/c18-14-8-3-7-13(11-14)17(20)19-16-10-4-6-12-5-1-2-9-15(12)16/h1-2,4-6,9-10,13-14H,3,7-8,11,18H2,(H,19,20). The lowest BCUT2D eigenvalue weighted by Gasteiger charge is -2.25. The van der Waals surface area contributed by atoms with Gasteiger partial charge in [0.2, 0.25) is 5.91 Å². The van der Waals surface area contributed by atoms with Crippen molar-refractivity contribution in [1.82, 2.24) is 0 Å². The minimum atomic E-state index is 0.0534. The fraction of sp³-hybridized carbons (Fsp3) is 0.353. The van der Waals surface area contributed by atoms with E-state index in [1.54, 1.807) is 0 Å². The Morgan fingerprint density at radius 3 is 2.75 bits per heavy atom. The minimum absolute atomic E-state index is 0.0534. The number of rotatable bonds is 2. The van der Waals surface area contributed by atoms with Crippen molar-refractivity contribution in [2.75, 3.05) is 5.32 Å². The van der Waals surface area contributed by atoms with E-state index in [4.69, 9.17) is 5.73 Å². The Morgan fingerprint density at radius 1 is 1.10 bits per heavy atom. The van der Waals surface area contributed by atoms with Crippen molar-refractivity contribution in [2.45, 2.75) is 31.7 Å². The number of nitrogens with one attached hydrogen (secondary N) is 1. The van der Waals surface area contributed by atoms with Crippen molar-refractivity contribution in [3.05, 3.63) is 42.5 Å². The van der Waals surface area contributed by atoms with Crippen LogP contribution in [-0.4, -0.2) is 11.9 Å². The smallest absolute Gasteiger partial charge is 0.227 e. The molecule has 0 aromatic heterocycles. The molecule has 0 saturated heterocycles. The Kier molecular flexibility index (Phi) is 3.70. The molecule has 0 radical (unpaired) electrons. The van der Waals surface area contributed by atoms with Gasteiger partial charge in [0.15, 0.2) is 0 Å². The molecule has 1 fully saturated rings. The van der Waals surface area contributed by atoms with Crippen molar-refractivity contribution in [3.63, 3.8) is 0 Å². The monoisotopic (exact) mass is 268 g/mol. The summed E-state index contributed by atoms with van der Waals surface area (Å²) < 4.78 is 0. The van der Waals surface area contributed by atoms with E-state index in [0.29, 0.717) is 0 Å².